The van der Waals surface area contributed by atoms with E-state index in [1.54, 1.807) is 29.2 Å². The van der Waals surface area contributed by atoms with Gasteiger partial charge in [-0.15, -0.1) is 11.3 Å². The fourth-order valence-electron chi connectivity index (χ4n) is 3.46. The van der Waals surface area contributed by atoms with Crippen LogP contribution in [0.2, 0.25) is 0 Å². The Bertz CT molecular complexity index is 894. The van der Waals surface area contributed by atoms with Crippen molar-refractivity contribution in [3.8, 4) is 0 Å². The van der Waals surface area contributed by atoms with Gasteiger partial charge >= 0.3 is 12.1 Å². The van der Waals surface area contributed by atoms with Gasteiger partial charge in [0.15, 0.2) is 0 Å². The smallest absolute Gasteiger partial charge is 0.475 e. The number of fused-ring (bicyclic) bond motifs is 1. The number of carboxylic acids is 1. The van der Waals surface area contributed by atoms with Crippen molar-refractivity contribution in [2.24, 2.45) is 11.8 Å². The van der Waals surface area contributed by atoms with Crippen LogP contribution >= 0.6 is 11.3 Å². The molecule has 0 saturated carbocycles. The van der Waals surface area contributed by atoms with Gasteiger partial charge in [0, 0.05) is 49.6 Å². The predicted molar refractivity (Wildman–Crippen MR) is 98.8 cm³/mol. The van der Waals surface area contributed by atoms with Crippen LogP contribution in [0, 0.1) is 11.8 Å². The summed E-state index contributed by atoms with van der Waals surface area (Å²) in [6.45, 7) is 2.79. The molecule has 0 bridgehead atoms. The molecule has 0 spiro atoms. The van der Waals surface area contributed by atoms with Crippen LogP contribution in [0.25, 0.3) is 0 Å². The van der Waals surface area contributed by atoms with Gasteiger partial charge < -0.3 is 14.9 Å². The molecule has 160 valence electrons. The maximum absolute atomic E-state index is 12.5. The number of rotatable bonds is 2. The summed E-state index contributed by atoms with van der Waals surface area (Å²) >= 11 is 1.43. The molecule has 2 saturated heterocycles. The molecule has 2 fully saturated rings. The molecule has 4 heterocycles. The second-order valence-corrected chi connectivity index (χ2v) is 7.55. The molecule has 2 amide bonds. The van der Waals surface area contributed by atoms with Gasteiger partial charge in [0.1, 0.15) is 11.4 Å². The van der Waals surface area contributed by atoms with Gasteiger partial charge in [-0.1, -0.05) is 6.07 Å². The van der Waals surface area contributed by atoms with E-state index in [0.717, 1.165) is 0 Å². The van der Waals surface area contributed by atoms with E-state index in [0.29, 0.717) is 49.4 Å². The topological polar surface area (TPSA) is 104 Å². The van der Waals surface area contributed by atoms with Crippen molar-refractivity contribution in [1.29, 1.82) is 0 Å². The first-order valence-corrected chi connectivity index (χ1v) is 9.79. The number of halogens is 3. The maximum atomic E-state index is 12.5. The molecule has 8 nitrogen and oxygen atoms in total. The summed E-state index contributed by atoms with van der Waals surface area (Å²) in [6.07, 6.45) is -3.45. The molecule has 2 aromatic heterocycles. The zero-order valence-electron chi connectivity index (χ0n) is 15.5. The number of nitrogens with zero attached hydrogens (tertiary/aromatic N) is 4. The second kappa shape index (κ2) is 8.78. The van der Waals surface area contributed by atoms with Crippen LogP contribution in [-0.2, 0) is 4.79 Å². The fourth-order valence-corrected chi connectivity index (χ4v) is 3.98. The van der Waals surface area contributed by atoms with Crippen LogP contribution in [0.3, 0.4) is 0 Å². The van der Waals surface area contributed by atoms with Crippen LogP contribution in [0.4, 0.5) is 13.2 Å². The van der Waals surface area contributed by atoms with Crippen molar-refractivity contribution in [2.75, 3.05) is 26.2 Å². The summed E-state index contributed by atoms with van der Waals surface area (Å²) < 4.78 is 31.7. The zero-order chi connectivity index (χ0) is 21.9. The summed E-state index contributed by atoms with van der Waals surface area (Å²) in [4.78, 5) is 45.7. The van der Waals surface area contributed by atoms with Gasteiger partial charge in [0.2, 0.25) is 0 Å². The van der Waals surface area contributed by atoms with E-state index in [9.17, 15) is 22.8 Å². The van der Waals surface area contributed by atoms with Crippen molar-refractivity contribution >= 4 is 29.1 Å². The minimum atomic E-state index is -5.08. The monoisotopic (exact) mass is 442 g/mol. The summed E-state index contributed by atoms with van der Waals surface area (Å²) in [5, 5.41) is 8.91. The molecule has 4 rings (SSSR count). The first-order valence-electron chi connectivity index (χ1n) is 8.84. The average Bonchev–Trinajstić information content (AvgIpc) is 3.43. The quantitative estimate of drug-likeness (QED) is 0.763. The zero-order valence-corrected chi connectivity index (χ0v) is 16.3. The highest BCUT2D eigenvalue weighted by atomic mass is 32.1. The number of pyridine rings is 1. The molecule has 12 heteroatoms. The number of thiazole rings is 1. The van der Waals surface area contributed by atoms with E-state index in [4.69, 9.17) is 9.90 Å². The number of alkyl halides is 3. The largest absolute Gasteiger partial charge is 0.490 e. The second-order valence-electron chi connectivity index (χ2n) is 6.83. The van der Waals surface area contributed by atoms with Crippen molar-refractivity contribution < 1.29 is 32.7 Å². The fraction of sp³-hybridized carbons (Fsp3) is 0.389. The Kier molecular flexibility index (Phi) is 6.34. The summed E-state index contributed by atoms with van der Waals surface area (Å²) in [5.74, 6) is -2.07. The lowest BCUT2D eigenvalue weighted by molar-refractivity contribution is -0.192. The molecule has 2 aromatic rings. The molecular formula is C18H17F3N4O4S. The third kappa shape index (κ3) is 4.93. The highest BCUT2D eigenvalue weighted by Gasteiger charge is 2.43. The van der Waals surface area contributed by atoms with E-state index >= 15 is 0 Å². The van der Waals surface area contributed by atoms with Crippen molar-refractivity contribution in [3.05, 3.63) is 46.7 Å². The Labute approximate surface area is 173 Å². The van der Waals surface area contributed by atoms with E-state index in [2.05, 4.69) is 9.97 Å². The number of amides is 2. The lowest BCUT2D eigenvalue weighted by Crippen LogP contribution is -2.36. The molecule has 0 aliphatic carbocycles. The van der Waals surface area contributed by atoms with Gasteiger partial charge in [0.25, 0.3) is 11.8 Å². The Morgan fingerprint density at radius 1 is 0.967 bits per heavy atom. The number of hydrogen-bond acceptors (Lipinski definition) is 6. The molecule has 2 unspecified atom stereocenters. The standard InChI is InChI=1S/C16H16N4O2S.C2HF3O2/c21-15(13-3-1-2-4-17-13)19-5-11-7-20(8-12(11)6-19)16(22)14-9-23-10-18-14;3-2(4,5)1(6)7/h1-4,9-12H,5-8H2;(H,6,7). The van der Waals surface area contributed by atoms with Crippen molar-refractivity contribution in [1.82, 2.24) is 19.8 Å². The van der Waals surface area contributed by atoms with Crippen molar-refractivity contribution in [3.63, 3.8) is 0 Å². The number of hydrogen-bond donors (Lipinski definition) is 1. The molecule has 2 aliphatic heterocycles. The predicted octanol–water partition coefficient (Wildman–Crippen LogP) is 2.02. The van der Waals surface area contributed by atoms with E-state index in [-0.39, 0.29) is 11.8 Å². The van der Waals surface area contributed by atoms with Crippen LogP contribution in [0.5, 0.6) is 0 Å². The number of carboxylic acid groups (broad SMARTS) is 1. The number of aromatic nitrogens is 2. The third-order valence-corrected chi connectivity index (χ3v) is 5.43. The summed E-state index contributed by atoms with van der Waals surface area (Å²) in [7, 11) is 0. The van der Waals surface area contributed by atoms with E-state index in [1.165, 1.54) is 11.3 Å². The number of aliphatic carboxylic acids is 1. The number of carbonyl (C=O) groups is 3. The van der Waals surface area contributed by atoms with Crippen LogP contribution in [-0.4, -0.2) is 75.0 Å². The Balaban J connectivity index is 0.000000318. The van der Waals surface area contributed by atoms with Crippen molar-refractivity contribution in [2.45, 2.75) is 6.18 Å². The van der Waals surface area contributed by atoms with E-state index < -0.39 is 12.1 Å². The maximum Gasteiger partial charge on any atom is 0.490 e. The number of carbonyl (C=O) groups excluding carboxylic acids is 2. The SMILES string of the molecule is O=C(O)C(F)(F)F.O=C(c1ccccn1)N1CC2CN(C(=O)c3cscn3)CC2C1. The average molecular weight is 442 g/mol. The lowest BCUT2D eigenvalue weighted by Gasteiger charge is -2.21. The highest BCUT2D eigenvalue weighted by molar-refractivity contribution is 7.07. The molecule has 2 aliphatic rings. The molecule has 30 heavy (non-hydrogen) atoms. The van der Waals surface area contributed by atoms with Crippen LogP contribution < -0.4 is 0 Å². The molecule has 1 N–H and O–H groups in total. The third-order valence-electron chi connectivity index (χ3n) is 4.84. The minimum absolute atomic E-state index is 0.00301. The molecule has 2 atom stereocenters. The normalized spacial score (nSPS) is 20.4. The first-order chi connectivity index (χ1) is 14.2. The first kappa shape index (κ1) is 21.7. The Morgan fingerprint density at radius 2 is 1.50 bits per heavy atom. The van der Waals surface area contributed by atoms with E-state index in [1.807, 2.05) is 15.9 Å². The molecule has 0 aromatic carbocycles. The Hall–Kier alpha value is -3.02. The van der Waals surface area contributed by atoms with Gasteiger partial charge in [-0.2, -0.15) is 13.2 Å². The highest BCUT2D eigenvalue weighted by Crippen LogP contribution is 2.32. The summed E-state index contributed by atoms with van der Waals surface area (Å²) in [5.41, 5.74) is 2.69. The lowest BCUT2D eigenvalue weighted by atomic mass is 10.0. The van der Waals surface area contributed by atoms with Gasteiger partial charge in [-0.05, 0) is 12.1 Å². The van der Waals surface area contributed by atoms with Gasteiger partial charge in [-0.3, -0.25) is 14.6 Å². The van der Waals surface area contributed by atoms with Gasteiger partial charge in [0.05, 0.1) is 5.51 Å². The minimum Gasteiger partial charge on any atom is -0.475 e. The molecule has 0 radical (unpaired) electrons. The summed E-state index contributed by atoms with van der Waals surface area (Å²) in [6, 6.07) is 5.37. The molecular weight excluding hydrogens is 425 g/mol. The van der Waals surface area contributed by atoms with Crippen LogP contribution in [0.1, 0.15) is 21.0 Å². The van der Waals surface area contributed by atoms with Gasteiger partial charge in [-0.25, -0.2) is 9.78 Å². The van der Waals surface area contributed by atoms with Crippen LogP contribution in [0.15, 0.2) is 35.3 Å². The Morgan fingerprint density at radius 3 is 1.90 bits per heavy atom. The number of likely N-dealkylation sites (tertiary alicyclic amines) is 2.